The summed E-state index contributed by atoms with van der Waals surface area (Å²) in [6.45, 7) is 0.568. The highest BCUT2D eigenvalue weighted by Crippen LogP contribution is 2.27. The summed E-state index contributed by atoms with van der Waals surface area (Å²) in [5.41, 5.74) is 5.66. The van der Waals surface area contributed by atoms with E-state index < -0.39 is 5.91 Å². The lowest BCUT2D eigenvalue weighted by Crippen LogP contribution is -2.36. The number of aromatic nitrogens is 3. The molecule has 0 atom stereocenters. The molecule has 3 heterocycles. The van der Waals surface area contributed by atoms with Crippen molar-refractivity contribution in [1.29, 1.82) is 0 Å². The van der Waals surface area contributed by atoms with E-state index in [0.717, 1.165) is 16.0 Å². The third-order valence-corrected chi connectivity index (χ3v) is 5.57. The van der Waals surface area contributed by atoms with Crippen molar-refractivity contribution in [2.75, 3.05) is 11.2 Å². The van der Waals surface area contributed by atoms with Crippen molar-refractivity contribution in [3.63, 3.8) is 0 Å². The predicted octanol–water partition coefficient (Wildman–Crippen LogP) is 2.37. The van der Waals surface area contributed by atoms with Crippen molar-refractivity contribution < 1.29 is 4.79 Å². The number of rotatable bonds is 3. The average molecular weight is 380 g/mol. The third-order valence-electron chi connectivity index (χ3n) is 3.43. The molecule has 1 aromatic carbocycles. The molecule has 0 unspecified atom stereocenters. The van der Waals surface area contributed by atoms with E-state index in [4.69, 9.17) is 11.6 Å². The van der Waals surface area contributed by atoms with E-state index in [9.17, 15) is 9.59 Å². The molecule has 10 heteroatoms. The second kappa shape index (κ2) is 6.08. The Balaban J connectivity index is 1.53. The lowest BCUT2D eigenvalue weighted by Gasteiger charge is -2.06. The fourth-order valence-electron chi connectivity index (χ4n) is 2.30. The smallest absolute Gasteiger partial charge is 0.276 e. The molecular formula is C14H10ClN5O2S2. The van der Waals surface area contributed by atoms with Crippen LogP contribution in [0.1, 0.15) is 10.4 Å². The van der Waals surface area contributed by atoms with Crippen LogP contribution in [-0.4, -0.2) is 26.2 Å². The zero-order valence-corrected chi connectivity index (χ0v) is 14.5. The second-order valence-electron chi connectivity index (χ2n) is 4.97. The lowest BCUT2D eigenvalue weighted by molar-refractivity contribution is 0.0959. The van der Waals surface area contributed by atoms with Crippen molar-refractivity contribution in [2.24, 2.45) is 0 Å². The number of amides is 1. The quantitative estimate of drug-likeness (QED) is 0.536. The number of carbonyl (C=O) groups is 1. The molecule has 4 rings (SSSR count). The van der Waals surface area contributed by atoms with Crippen LogP contribution < -0.4 is 16.4 Å². The van der Waals surface area contributed by atoms with E-state index in [1.54, 1.807) is 18.2 Å². The predicted molar refractivity (Wildman–Crippen MR) is 94.9 cm³/mol. The van der Waals surface area contributed by atoms with Gasteiger partial charge in [0.25, 0.3) is 11.5 Å². The van der Waals surface area contributed by atoms with Gasteiger partial charge in [-0.25, -0.2) is 9.97 Å². The maximum absolute atomic E-state index is 12.3. The van der Waals surface area contributed by atoms with E-state index in [1.807, 2.05) is 0 Å². The van der Waals surface area contributed by atoms with E-state index in [0.29, 0.717) is 21.9 Å². The van der Waals surface area contributed by atoms with Crippen LogP contribution in [0, 0.1) is 0 Å². The van der Waals surface area contributed by atoms with Gasteiger partial charge in [-0.1, -0.05) is 34.7 Å². The van der Waals surface area contributed by atoms with Gasteiger partial charge in [0.2, 0.25) is 5.13 Å². The number of thioether (sulfide) groups is 1. The number of benzene rings is 1. The van der Waals surface area contributed by atoms with Gasteiger partial charge >= 0.3 is 0 Å². The first-order valence-corrected chi connectivity index (χ1v) is 9.15. The molecule has 1 aliphatic heterocycles. The SMILES string of the molecule is O=C(NNc1nc2ccc(Cl)cc2s1)c1cnc2n(c1=O)CCS2. The molecule has 1 amide bonds. The van der Waals surface area contributed by atoms with E-state index in [1.165, 1.54) is 33.9 Å². The molecule has 0 aliphatic carbocycles. The molecule has 7 nitrogen and oxygen atoms in total. The molecule has 0 saturated carbocycles. The van der Waals surface area contributed by atoms with E-state index in [2.05, 4.69) is 20.8 Å². The van der Waals surface area contributed by atoms with E-state index >= 15 is 0 Å². The molecule has 2 N–H and O–H groups in total. The summed E-state index contributed by atoms with van der Waals surface area (Å²) < 4.78 is 2.41. The first-order chi connectivity index (χ1) is 11.6. The number of hydrogen-bond acceptors (Lipinski definition) is 7. The fraction of sp³-hybridized carbons (Fsp3) is 0.143. The zero-order chi connectivity index (χ0) is 16.7. The molecule has 122 valence electrons. The van der Waals surface area contributed by atoms with Crippen molar-refractivity contribution >= 4 is 56.0 Å². The number of carbonyl (C=O) groups excluding carboxylic acids is 1. The maximum atomic E-state index is 12.3. The van der Waals surface area contributed by atoms with Crippen molar-refractivity contribution in [3.05, 3.63) is 45.3 Å². The number of hydrazine groups is 1. The van der Waals surface area contributed by atoms with Crippen LogP contribution in [0.15, 0.2) is 34.3 Å². The van der Waals surface area contributed by atoms with Crippen LogP contribution in [0.5, 0.6) is 0 Å². The summed E-state index contributed by atoms with van der Waals surface area (Å²) in [5, 5.41) is 1.77. The van der Waals surface area contributed by atoms with Crippen LogP contribution in [0.4, 0.5) is 5.13 Å². The van der Waals surface area contributed by atoms with Gasteiger partial charge in [0.15, 0.2) is 5.16 Å². The minimum atomic E-state index is -0.544. The van der Waals surface area contributed by atoms with Crippen LogP contribution in [0.3, 0.4) is 0 Å². The maximum Gasteiger partial charge on any atom is 0.276 e. The minimum Gasteiger partial charge on any atom is -0.286 e. The average Bonchev–Trinajstić information content (AvgIpc) is 3.19. The highest BCUT2D eigenvalue weighted by atomic mass is 35.5. The van der Waals surface area contributed by atoms with Gasteiger partial charge in [0.1, 0.15) is 5.56 Å². The summed E-state index contributed by atoms with van der Waals surface area (Å²) in [6.07, 6.45) is 1.31. The van der Waals surface area contributed by atoms with Crippen LogP contribution >= 0.6 is 34.7 Å². The van der Waals surface area contributed by atoms with Gasteiger partial charge in [-0.15, -0.1) is 0 Å². The summed E-state index contributed by atoms with van der Waals surface area (Å²) in [7, 11) is 0. The number of nitrogens with one attached hydrogen (secondary N) is 2. The lowest BCUT2D eigenvalue weighted by atomic mass is 10.3. The Morgan fingerprint density at radius 1 is 1.38 bits per heavy atom. The van der Waals surface area contributed by atoms with Crippen molar-refractivity contribution in [3.8, 4) is 0 Å². The normalized spacial score (nSPS) is 13.0. The minimum absolute atomic E-state index is 0.00194. The Labute approximate surface area is 149 Å². The van der Waals surface area contributed by atoms with Gasteiger partial charge in [-0.3, -0.25) is 25.0 Å². The Kier molecular flexibility index (Phi) is 3.91. The van der Waals surface area contributed by atoms with Gasteiger partial charge in [-0.2, -0.15) is 0 Å². The van der Waals surface area contributed by atoms with Gasteiger partial charge in [-0.05, 0) is 18.2 Å². The van der Waals surface area contributed by atoms with Gasteiger partial charge in [0.05, 0.1) is 10.2 Å². The molecule has 1 aliphatic rings. The van der Waals surface area contributed by atoms with E-state index in [-0.39, 0.29) is 11.1 Å². The highest BCUT2D eigenvalue weighted by molar-refractivity contribution is 7.99. The monoisotopic (exact) mass is 379 g/mol. The molecule has 0 radical (unpaired) electrons. The summed E-state index contributed by atoms with van der Waals surface area (Å²) in [5.74, 6) is 0.247. The largest absolute Gasteiger partial charge is 0.286 e. The standard InChI is InChI=1S/C14H10ClN5O2S2/c15-7-1-2-9-10(5-7)24-13(17-9)19-18-11(21)8-6-16-14-20(12(8)22)3-4-23-14/h1-2,5-6H,3-4H2,(H,17,19)(H,18,21). The number of nitrogens with zero attached hydrogens (tertiary/aromatic N) is 3. The molecule has 0 bridgehead atoms. The first kappa shape index (κ1) is 15.4. The number of fused-ring (bicyclic) bond motifs is 2. The fourth-order valence-corrected chi connectivity index (χ4v) is 4.31. The van der Waals surface area contributed by atoms with Crippen LogP contribution in [0.2, 0.25) is 5.02 Å². The second-order valence-corrected chi connectivity index (χ2v) is 7.50. The van der Waals surface area contributed by atoms with Crippen molar-refractivity contribution in [1.82, 2.24) is 20.0 Å². The van der Waals surface area contributed by atoms with Gasteiger partial charge in [0, 0.05) is 23.5 Å². The number of thiazole rings is 1. The number of anilines is 1. The molecule has 24 heavy (non-hydrogen) atoms. The topological polar surface area (TPSA) is 88.9 Å². The summed E-state index contributed by atoms with van der Waals surface area (Å²) in [6, 6.07) is 5.35. The molecular weight excluding hydrogens is 370 g/mol. The third kappa shape index (κ3) is 2.74. The number of halogens is 1. The molecule has 0 spiro atoms. The Hall–Kier alpha value is -2.10. The molecule has 0 saturated heterocycles. The molecule has 2 aromatic heterocycles. The van der Waals surface area contributed by atoms with Crippen LogP contribution in [-0.2, 0) is 6.54 Å². The molecule has 0 fully saturated rings. The molecule has 3 aromatic rings. The Morgan fingerprint density at radius 2 is 2.25 bits per heavy atom. The first-order valence-electron chi connectivity index (χ1n) is 6.97. The zero-order valence-electron chi connectivity index (χ0n) is 12.1. The highest BCUT2D eigenvalue weighted by Gasteiger charge is 2.20. The van der Waals surface area contributed by atoms with Crippen molar-refractivity contribution in [2.45, 2.75) is 11.7 Å². The number of hydrogen-bond donors (Lipinski definition) is 2. The Bertz CT molecular complexity index is 1020. The van der Waals surface area contributed by atoms with Crippen LogP contribution in [0.25, 0.3) is 10.2 Å². The van der Waals surface area contributed by atoms with Gasteiger partial charge < -0.3 is 0 Å². The summed E-state index contributed by atoms with van der Waals surface area (Å²) >= 11 is 8.79. The Morgan fingerprint density at radius 3 is 3.12 bits per heavy atom. The summed E-state index contributed by atoms with van der Waals surface area (Å²) in [4.78, 5) is 33.0.